The van der Waals surface area contributed by atoms with Crippen molar-refractivity contribution in [1.29, 1.82) is 0 Å². The molecule has 204 valence electrons. The third-order valence-corrected chi connectivity index (χ3v) is 7.50. The molecule has 0 amide bonds. The third kappa shape index (κ3) is 5.93. The highest BCUT2D eigenvalue weighted by Gasteiger charge is 2.30. The molecule has 1 saturated heterocycles. The van der Waals surface area contributed by atoms with Gasteiger partial charge in [-0.05, 0) is 70.2 Å². The molecule has 1 atom stereocenters. The predicted molar refractivity (Wildman–Crippen MR) is 140 cm³/mol. The van der Waals surface area contributed by atoms with E-state index in [0.717, 1.165) is 38.1 Å². The maximum atomic E-state index is 13.3. The molecule has 1 aliphatic carbocycles. The van der Waals surface area contributed by atoms with E-state index < -0.39 is 6.61 Å². The Morgan fingerprint density at radius 3 is 2.63 bits per heavy atom. The second kappa shape index (κ2) is 11.3. The van der Waals surface area contributed by atoms with Crippen LogP contribution in [0.15, 0.2) is 36.7 Å². The Morgan fingerprint density at radius 2 is 1.92 bits per heavy atom. The average Bonchev–Trinajstić information content (AvgIpc) is 3.61. The molecule has 2 fully saturated rings. The van der Waals surface area contributed by atoms with E-state index in [4.69, 9.17) is 14.2 Å². The molecule has 1 aromatic carbocycles. The van der Waals surface area contributed by atoms with E-state index >= 15 is 0 Å². The maximum absolute atomic E-state index is 13.3. The zero-order valence-electron chi connectivity index (χ0n) is 22.2. The lowest BCUT2D eigenvalue weighted by atomic mass is 9.98. The first-order valence-corrected chi connectivity index (χ1v) is 13.4. The van der Waals surface area contributed by atoms with Crippen LogP contribution in [0, 0.1) is 11.8 Å². The number of nitrogens with zero attached hydrogens (tertiary/aromatic N) is 3. The first-order valence-electron chi connectivity index (χ1n) is 13.4. The van der Waals surface area contributed by atoms with Crippen molar-refractivity contribution in [2.24, 2.45) is 11.8 Å². The number of fused-ring (bicyclic) bond motifs is 1. The summed E-state index contributed by atoms with van der Waals surface area (Å²) in [7, 11) is 1.42. The van der Waals surface area contributed by atoms with Crippen LogP contribution in [0.2, 0.25) is 0 Å². The average molecular weight is 528 g/mol. The lowest BCUT2D eigenvalue weighted by molar-refractivity contribution is -0.0502. The number of alkyl halides is 2. The summed E-state index contributed by atoms with van der Waals surface area (Å²) in [6.45, 7) is 4.21. The highest BCUT2D eigenvalue weighted by molar-refractivity contribution is 6.02. The highest BCUT2D eigenvalue weighted by Crippen LogP contribution is 2.40. The number of rotatable bonds is 11. The normalized spacial score (nSPS) is 18.3. The lowest BCUT2D eigenvalue weighted by Crippen LogP contribution is -2.41. The summed E-state index contributed by atoms with van der Waals surface area (Å²) >= 11 is 0. The van der Waals surface area contributed by atoms with Gasteiger partial charge in [0, 0.05) is 42.8 Å². The van der Waals surface area contributed by atoms with Crippen LogP contribution in [0.4, 0.5) is 8.78 Å². The second-order valence-corrected chi connectivity index (χ2v) is 10.6. The Hall–Kier alpha value is -3.20. The van der Waals surface area contributed by atoms with E-state index in [1.165, 1.54) is 19.6 Å². The SMILES string of the molecule is COc1cc(-c2cnc3cc(OC[C@H]4CCCN(C(C)C)C4)ccn23)cc(OC(F)F)c1C(=O)CC1CC1. The van der Waals surface area contributed by atoms with Crippen LogP contribution in [0.3, 0.4) is 0 Å². The molecule has 0 unspecified atom stereocenters. The molecular formula is C29H35F2N3O4. The number of benzene rings is 1. The molecule has 5 rings (SSSR count). The first kappa shape index (κ1) is 26.4. The molecule has 2 aromatic heterocycles. The van der Waals surface area contributed by atoms with E-state index in [-0.39, 0.29) is 22.8 Å². The number of hydrogen-bond donors (Lipinski definition) is 0. The number of carbonyl (C=O) groups is 1. The van der Waals surface area contributed by atoms with E-state index in [2.05, 4.69) is 23.7 Å². The van der Waals surface area contributed by atoms with Crippen LogP contribution in [0.25, 0.3) is 16.9 Å². The molecule has 0 N–H and O–H groups in total. The Kier molecular flexibility index (Phi) is 7.83. The van der Waals surface area contributed by atoms with Gasteiger partial charge in [-0.25, -0.2) is 4.98 Å². The number of pyridine rings is 1. The molecule has 1 saturated carbocycles. The minimum Gasteiger partial charge on any atom is -0.496 e. The molecule has 0 radical (unpaired) electrons. The number of aromatic nitrogens is 2. The van der Waals surface area contributed by atoms with Gasteiger partial charge in [0.1, 0.15) is 28.5 Å². The van der Waals surface area contributed by atoms with Crippen molar-refractivity contribution in [2.75, 3.05) is 26.8 Å². The molecule has 1 aliphatic heterocycles. The summed E-state index contributed by atoms with van der Waals surface area (Å²) < 4.78 is 44.9. The fourth-order valence-corrected chi connectivity index (χ4v) is 5.23. The Labute approximate surface area is 221 Å². The Balaban J connectivity index is 1.38. The van der Waals surface area contributed by atoms with Gasteiger partial charge in [-0.2, -0.15) is 8.78 Å². The van der Waals surface area contributed by atoms with Gasteiger partial charge in [0.25, 0.3) is 0 Å². The molecule has 2 aliphatic rings. The van der Waals surface area contributed by atoms with Crippen molar-refractivity contribution in [3.63, 3.8) is 0 Å². The first-order chi connectivity index (χ1) is 18.3. The van der Waals surface area contributed by atoms with Gasteiger partial charge in [0.2, 0.25) is 0 Å². The molecule has 0 spiro atoms. The van der Waals surface area contributed by atoms with Crippen molar-refractivity contribution in [3.8, 4) is 28.5 Å². The van der Waals surface area contributed by atoms with Gasteiger partial charge in [-0.1, -0.05) is 0 Å². The van der Waals surface area contributed by atoms with E-state index in [1.54, 1.807) is 12.3 Å². The van der Waals surface area contributed by atoms with Crippen molar-refractivity contribution in [3.05, 3.63) is 42.2 Å². The van der Waals surface area contributed by atoms with Gasteiger partial charge in [-0.15, -0.1) is 0 Å². The largest absolute Gasteiger partial charge is 0.496 e. The molecule has 38 heavy (non-hydrogen) atoms. The molecule has 3 aromatic rings. The minimum atomic E-state index is -3.07. The van der Waals surface area contributed by atoms with Crippen molar-refractivity contribution >= 4 is 11.4 Å². The van der Waals surface area contributed by atoms with Gasteiger partial charge in [-0.3, -0.25) is 9.20 Å². The quantitative estimate of drug-likeness (QED) is 0.281. The summed E-state index contributed by atoms with van der Waals surface area (Å²) in [6, 6.07) is 7.42. The van der Waals surface area contributed by atoms with Crippen molar-refractivity contribution in [2.45, 2.75) is 58.6 Å². The highest BCUT2D eigenvalue weighted by atomic mass is 19.3. The van der Waals surface area contributed by atoms with Crippen LogP contribution in [-0.2, 0) is 0 Å². The number of ketones is 1. The van der Waals surface area contributed by atoms with Crippen molar-refractivity contribution < 1.29 is 27.8 Å². The summed E-state index contributed by atoms with van der Waals surface area (Å²) in [6.07, 6.45) is 8.09. The fourth-order valence-electron chi connectivity index (χ4n) is 5.23. The number of ether oxygens (including phenoxy) is 3. The number of halogens is 2. The second-order valence-electron chi connectivity index (χ2n) is 10.6. The number of Topliss-reactive ketones (excluding diaryl/α,β-unsaturated/α-hetero) is 1. The number of likely N-dealkylation sites (tertiary alicyclic amines) is 1. The molecular weight excluding hydrogens is 492 g/mol. The maximum Gasteiger partial charge on any atom is 0.387 e. The number of carbonyl (C=O) groups excluding carboxylic acids is 1. The number of piperidine rings is 1. The summed E-state index contributed by atoms with van der Waals surface area (Å²) in [5.74, 6) is 1.30. The smallest absolute Gasteiger partial charge is 0.387 e. The van der Waals surface area contributed by atoms with E-state index in [0.29, 0.717) is 47.8 Å². The summed E-state index contributed by atoms with van der Waals surface area (Å²) in [5, 5.41) is 0. The zero-order chi connectivity index (χ0) is 26.8. The zero-order valence-corrected chi connectivity index (χ0v) is 22.2. The topological polar surface area (TPSA) is 65.3 Å². The fraction of sp³-hybridized carbons (Fsp3) is 0.517. The summed E-state index contributed by atoms with van der Waals surface area (Å²) in [5.41, 5.74) is 1.93. The molecule has 3 heterocycles. The van der Waals surface area contributed by atoms with Crippen molar-refractivity contribution in [1.82, 2.24) is 14.3 Å². The van der Waals surface area contributed by atoms with Crippen LogP contribution in [0.1, 0.15) is 56.3 Å². The monoisotopic (exact) mass is 527 g/mol. The Morgan fingerprint density at radius 1 is 1.13 bits per heavy atom. The van der Waals surface area contributed by atoms with Crippen LogP contribution >= 0.6 is 0 Å². The van der Waals surface area contributed by atoms with Crippen LogP contribution in [-0.4, -0.2) is 59.5 Å². The van der Waals surface area contributed by atoms with Gasteiger partial charge < -0.3 is 19.1 Å². The Bertz CT molecular complexity index is 1290. The number of hydrogen-bond acceptors (Lipinski definition) is 6. The standard InChI is InChI=1S/C29H35F2N3O4/c1-18(2)33-9-4-5-20(16-33)17-37-22-8-10-34-23(15-32-27(34)14-22)21-12-25(36-3)28(24(35)11-19-6-7-19)26(13-21)38-29(30)31/h8,10,12-15,18-20,29H,4-7,9,11,16-17H2,1-3H3/t20-/m0/s1. The molecule has 0 bridgehead atoms. The number of methoxy groups -OCH3 is 1. The van der Waals surface area contributed by atoms with Gasteiger partial charge >= 0.3 is 6.61 Å². The lowest BCUT2D eigenvalue weighted by Gasteiger charge is -2.35. The summed E-state index contributed by atoms with van der Waals surface area (Å²) in [4.78, 5) is 19.9. The third-order valence-electron chi connectivity index (χ3n) is 7.50. The van der Waals surface area contributed by atoms with Gasteiger partial charge in [0.15, 0.2) is 5.78 Å². The van der Waals surface area contributed by atoms with Crippen LogP contribution < -0.4 is 14.2 Å². The minimum absolute atomic E-state index is 0.0618. The predicted octanol–water partition coefficient (Wildman–Crippen LogP) is 6.09. The molecule has 9 heteroatoms. The van der Waals surface area contributed by atoms with E-state index in [9.17, 15) is 13.6 Å². The van der Waals surface area contributed by atoms with Crippen LogP contribution in [0.5, 0.6) is 17.2 Å². The molecule has 7 nitrogen and oxygen atoms in total. The number of imidazole rings is 1. The van der Waals surface area contributed by atoms with Gasteiger partial charge in [0.05, 0.1) is 25.6 Å². The van der Waals surface area contributed by atoms with E-state index in [1.807, 2.05) is 22.7 Å².